The van der Waals surface area contributed by atoms with Crippen LogP contribution >= 0.6 is 0 Å². The minimum Gasteiger partial charge on any atom is -0.493 e. The van der Waals surface area contributed by atoms with Gasteiger partial charge in [-0.25, -0.2) is 4.98 Å². The third-order valence-corrected chi connectivity index (χ3v) is 3.48. The Morgan fingerprint density at radius 1 is 1.05 bits per heavy atom. The van der Waals surface area contributed by atoms with Gasteiger partial charge in [0.2, 0.25) is 0 Å². The third kappa shape index (κ3) is 2.34. The molecule has 1 N–H and O–H groups in total. The average molecular weight is 274 g/mol. The van der Waals surface area contributed by atoms with Crippen molar-refractivity contribution in [2.24, 2.45) is 0 Å². The predicted molar refractivity (Wildman–Crippen MR) is 77.7 cm³/mol. The molecule has 2 heterocycles. The lowest BCUT2D eigenvalue weighted by atomic mass is 10.2. The summed E-state index contributed by atoms with van der Waals surface area (Å²) in [6, 6.07) is 3.72. The molecule has 6 heteroatoms. The minimum absolute atomic E-state index is 0.671. The molecule has 0 bridgehead atoms. The summed E-state index contributed by atoms with van der Waals surface area (Å²) < 4.78 is 10.6. The number of nitrogens with zero attached hydrogens (tertiary/aromatic N) is 3. The summed E-state index contributed by atoms with van der Waals surface area (Å²) >= 11 is 0. The number of methoxy groups -OCH3 is 2. The van der Waals surface area contributed by atoms with E-state index in [0.29, 0.717) is 11.5 Å². The second-order valence-electron chi connectivity index (χ2n) is 4.66. The van der Waals surface area contributed by atoms with E-state index < -0.39 is 0 Å². The summed E-state index contributed by atoms with van der Waals surface area (Å²) in [5.41, 5.74) is 1.63. The first-order valence-electron chi connectivity index (χ1n) is 6.66. The van der Waals surface area contributed by atoms with Crippen LogP contribution in [0, 0.1) is 0 Å². The van der Waals surface area contributed by atoms with Crippen LogP contribution in [0.15, 0.2) is 18.3 Å². The molecule has 0 spiro atoms. The molecule has 1 aliphatic rings. The zero-order valence-electron chi connectivity index (χ0n) is 11.7. The maximum absolute atomic E-state index is 5.31. The molecule has 0 unspecified atom stereocenters. The molecule has 2 aromatic rings. The highest BCUT2D eigenvalue weighted by Gasteiger charge is 2.14. The molecule has 106 valence electrons. The average Bonchev–Trinajstić information content (AvgIpc) is 2.53. The fourth-order valence-corrected chi connectivity index (χ4v) is 2.38. The van der Waals surface area contributed by atoms with Crippen LogP contribution in [-0.2, 0) is 0 Å². The van der Waals surface area contributed by atoms with Gasteiger partial charge >= 0.3 is 0 Å². The molecule has 6 nitrogen and oxygen atoms in total. The van der Waals surface area contributed by atoms with E-state index in [-0.39, 0.29) is 0 Å². The van der Waals surface area contributed by atoms with Gasteiger partial charge < -0.3 is 19.7 Å². The van der Waals surface area contributed by atoms with Gasteiger partial charge in [-0.15, -0.1) is 0 Å². The van der Waals surface area contributed by atoms with Crippen molar-refractivity contribution in [3.05, 3.63) is 18.3 Å². The Morgan fingerprint density at radius 3 is 2.35 bits per heavy atom. The van der Waals surface area contributed by atoms with Gasteiger partial charge in [-0.05, 0) is 0 Å². The van der Waals surface area contributed by atoms with E-state index in [4.69, 9.17) is 9.47 Å². The first-order chi connectivity index (χ1) is 9.81. The Bertz CT molecular complexity index is 611. The molecular formula is C14H18N4O2. The van der Waals surface area contributed by atoms with Gasteiger partial charge in [-0.2, -0.15) is 0 Å². The van der Waals surface area contributed by atoms with Crippen LogP contribution in [0.2, 0.25) is 0 Å². The van der Waals surface area contributed by atoms with Gasteiger partial charge in [0, 0.05) is 38.3 Å². The fraction of sp³-hybridized carbons (Fsp3) is 0.429. The number of fused-ring (bicyclic) bond motifs is 1. The molecule has 0 amide bonds. The lowest BCUT2D eigenvalue weighted by Crippen LogP contribution is -2.43. The van der Waals surface area contributed by atoms with E-state index in [1.807, 2.05) is 18.3 Å². The molecule has 20 heavy (non-hydrogen) atoms. The lowest BCUT2D eigenvalue weighted by Gasteiger charge is -2.28. The van der Waals surface area contributed by atoms with Gasteiger partial charge in [0.25, 0.3) is 0 Å². The summed E-state index contributed by atoms with van der Waals surface area (Å²) in [6.45, 7) is 3.86. The Morgan fingerprint density at radius 2 is 1.70 bits per heavy atom. The van der Waals surface area contributed by atoms with Gasteiger partial charge in [0.1, 0.15) is 5.82 Å². The van der Waals surface area contributed by atoms with Crippen molar-refractivity contribution in [3.8, 4) is 11.5 Å². The molecule has 1 saturated heterocycles. The predicted octanol–water partition coefficient (Wildman–Crippen LogP) is 1.06. The van der Waals surface area contributed by atoms with Crippen molar-refractivity contribution in [2.75, 3.05) is 45.3 Å². The number of hydrogen-bond donors (Lipinski definition) is 1. The van der Waals surface area contributed by atoms with Crippen LogP contribution < -0.4 is 19.7 Å². The number of aromatic nitrogens is 2. The van der Waals surface area contributed by atoms with Crippen LogP contribution in [0.1, 0.15) is 0 Å². The van der Waals surface area contributed by atoms with Gasteiger partial charge in [0.15, 0.2) is 11.5 Å². The van der Waals surface area contributed by atoms with Crippen LogP contribution in [0.25, 0.3) is 11.0 Å². The molecule has 1 aromatic carbocycles. The van der Waals surface area contributed by atoms with Crippen LogP contribution in [-0.4, -0.2) is 50.4 Å². The summed E-state index contributed by atoms with van der Waals surface area (Å²) in [5, 5.41) is 3.33. The van der Waals surface area contributed by atoms with E-state index in [9.17, 15) is 0 Å². The van der Waals surface area contributed by atoms with Crippen LogP contribution in [0.3, 0.4) is 0 Å². The van der Waals surface area contributed by atoms with E-state index in [1.54, 1.807) is 14.2 Å². The molecule has 0 saturated carbocycles. The number of rotatable bonds is 3. The molecule has 1 aliphatic heterocycles. The van der Waals surface area contributed by atoms with Crippen molar-refractivity contribution in [3.63, 3.8) is 0 Å². The maximum Gasteiger partial charge on any atom is 0.163 e. The van der Waals surface area contributed by atoms with Crippen LogP contribution in [0.5, 0.6) is 11.5 Å². The van der Waals surface area contributed by atoms with Crippen molar-refractivity contribution in [1.29, 1.82) is 0 Å². The monoisotopic (exact) mass is 274 g/mol. The van der Waals surface area contributed by atoms with Crippen LogP contribution in [0.4, 0.5) is 5.82 Å². The molecule has 0 aliphatic carbocycles. The zero-order chi connectivity index (χ0) is 13.9. The molecule has 0 atom stereocenters. The molecule has 0 radical (unpaired) electrons. The van der Waals surface area contributed by atoms with E-state index in [2.05, 4.69) is 20.2 Å². The third-order valence-electron chi connectivity index (χ3n) is 3.48. The second-order valence-corrected chi connectivity index (χ2v) is 4.66. The largest absolute Gasteiger partial charge is 0.493 e. The van der Waals surface area contributed by atoms with Crippen molar-refractivity contribution >= 4 is 16.9 Å². The summed E-state index contributed by atoms with van der Waals surface area (Å²) in [7, 11) is 3.24. The first-order valence-corrected chi connectivity index (χ1v) is 6.66. The maximum atomic E-state index is 5.31. The number of nitrogens with one attached hydrogen (secondary N) is 1. The Kier molecular flexibility index (Phi) is 3.56. The zero-order valence-corrected chi connectivity index (χ0v) is 11.7. The highest BCUT2D eigenvalue weighted by atomic mass is 16.5. The summed E-state index contributed by atoms with van der Waals surface area (Å²) in [5.74, 6) is 2.25. The Balaban J connectivity index is 2.01. The van der Waals surface area contributed by atoms with E-state index >= 15 is 0 Å². The quantitative estimate of drug-likeness (QED) is 0.903. The topological polar surface area (TPSA) is 59.5 Å². The second kappa shape index (κ2) is 5.50. The normalized spacial score (nSPS) is 15.4. The molecule has 1 fully saturated rings. The number of ether oxygens (including phenoxy) is 2. The van der Waals surface area contributed by atoms with Gasteiger partial charge in [0.05, 0.1) is 31.4 Å². The fourth-order valence-electron chi connectivity index (χ4n) is 2.38. The first kappa shape index (κ1) is 12.9. The lowest BCUT2D eigenvalue weighted by molar-refractivity contribution is 0.355. The van der Waals surface area contributed by atoms with Crippen molar-refractivity contribution < 1.29 is 9.47 Å². The van der Waals surface area contributed by atoms with Gasteiger partial charge in [-0.3, -0.25) is 4.98 Å². The molecule has 1 aromatic heterocycles. The van der Waals surface area contributed by atoms with E-state index in [1.165, 1.54) is 0 Å². The number of hydrogen-bond acceptors (Lipinski definition) is 6. The Hall–Kier alpha value is -2.08. The van der Waals surface area contributed by atoms with Crippen molar-refractivity contribution in [2.45, 2.75) is 0 Å². The minimum atomic E-state index is 0.671. The highest BCUT2D eigenvalue weighted by molar-refractivity contribution is 5.80. The molecular weight excluding hydrogens is 256 g/mol. The van der Waals surface area contributed by atoms with Crippen molar-refractivity contribution in [1.82, 2.24) is 15.3 Å². The molecule has 3 rings (SSSR count). The summed E-state index contributed by atoms with van der Waals surface area (Å²) in [6.07, 6.45) is 1.82. The highest BCUT2D eigenvalue weighted by Crippen LogP contribution is 2.31. The summed E-state index contributed by atoms with van der Waals surface area (Å²) in [4.78, 5) is 11.4. The number of piperazine rings is 1. The Labute approximate surface area is 117 Å². The SMILES string of the molecule is COc1cc2ncc(N3CCNCC3)nc2cc1OC. The van der Waals surface area contributed by atoms with E-state index in [0.717, 1.165) is 43.0 Å². The smallest absolute Gasteiger partial charge is 0.163 e. The number of anilines is 1. The number of benzene rings is 1. The van der Waals surface area contributed by atoms with Gasteiger partial charge in [-0.1, -0.05) is 0 Å². The standard InChI is InChI=1S/C14H18N4O2/c1-19-12-7-10-11(8-13(12)20-2)17-14(9-16-10)18-5-3-15-4-6-18/h7-9,15H,3-6H2,1-2H3.